The van der Waals surface area contributed by atoms with Crippen molar-refractivity contribution in [2.75, 3.05) is 12.4 Å². The molecule has 0 aliphatic carbocycles. The summed E-state index contributed by atoms with van der Waals surface area (Å²) in [6, 6.07) is 8.07. The SMILES string of the molecule is CNC(=O)[C@@H]1O[C@@H](n2cnc3c(NCc4cccc(I)c4)ncnc32)[C@H](O)[C@@H]1O. The van der Waals surface area contributed by atoms with Crippen LogP contribution in [-0.4, -0.2) is 61.0 Å². The van der Waals surface area contributed by atoms with Crippen molar-refractivity contribution in [2.24, 2.45) is 0 Å². The number of likely N-dealkylation sites (N-methyl/N-ethyl adjacent to an activating group) is 1. The third-order valence-corrected chi connectivity index (χ3v) is 5.40. The average Bonchev–Trinajstić information content (AvgIpc) is 3.28. The molecule has 4 N–H and O–H groups in total. The second kappa shape index (κ2) is 8.18. The summed E-state index contributed by atoms with van der Waals surface area (Å²) in [5.74, 6) is 0.0152. The van der Waals surface area contributed by atoms with Crippen LogP contribution in [0.1, 0.15) is 11.8 Å². The zero-order chi connectivity index (χ0) is 20.5. The summed E-state index contributed by atoms with van der Waals surface area (Å²) >= 11 is 2.26. The molecule has 4 rings (SSSR count). The molecule has 3 heterocycles. The van der Waals surface area contributed by atoms with Crippen molar-refractivity contribution in [3.63, 3.8) is 0 Å². The number of hydrogen-bond donors (Lipinski definition) is 4. The smallest absolute Gasteiger partial charge is 0.251 e. The highest BCUT2D eigenvalue weighted by molar-refractivity contribution is 14.1. The van der Waals surface area contributed by atoms with Gasteiger partial charge in [0.15, 0.2) is 29.3 Å². The number of carbonyl (C=O) groups excluding carboxylic acids is 1. The number of ether oxygens (including phenoxy) is 1. The Morgan fingerprint density at radius 3 is 2.86 bits per heavy atom. The van der Waals surface area contributed by atoms with Crippen LogP contribution in [0, 0.1) is 3.57 Å². The van der Waals surface area contributed by atoms with Gasteiger partial charge >= 0.3 is 0 Å². The Labute approximate surface area is 179 Å². The van der Waals surface area contributed by atoms with Gasteiger partial charge in [-0.15, -0.1) is 0 Å². The maximum absolute atomic E-state index is 11.9. The Morgan fingerprint density at radius 1 is 1.28 bits per heavy atom. The molecule has 3 aromatic rings. The van der Waals surface area contributed by atoms with Gasteiger partial charge in [0, 0.05) is 17.2 Å². The molecule has 10 nitrogen and oxygen atoms in total. The van der Waals surface area contributed by atoms with E-state index in [4.69, 9.17) is 4.74 Å². The molecule has 0 spiro atoms. The first-order chi connectivity index (χ1) is 14.0. The summed E-state index contributed by atoms with van der Waals surface area (Å²) in [4.78, 5) is 24.7. The lowest BCUT2D eigenvalue weighted by Gasteiger charge is -2.16. The van der Waals surface area contributed by atoms with Gasteiger partial charge < -0.3 is 25.6 Å². The van der Waals surface area contributed by atoms with Crippen molar-refractivity contribution in [2.45, 2.75) is 31.1 Å². The molecular formula is C18H19IN6O4. The fourth-order valence-electron chi connectivity index (χ4n) is 3.25. The van der Waals surface area contributed by atoms with E-state index in [0.29, 0.717) is 23.5 Å². The van der Waals surface area contributed by atoms with Crippen molar-refractivity contribution in [1.29, 1.82) is 0 Å². The lowest BCUT2D eigenvalue weighted by molar-refractivity contribution is -0.137. The van der Waals surface area contributed by atoms with Crippen LogP contribution in [0.25, 0.3) is 11.2 Å². The molecule has 1 aromatic carbocycles. The van der Waals surface area contributed by atoms with Crippen LogP contribution in [0.15, 0.2) is 36.9 Å². The van der Waals surface area contributed by atoms with Gasteiger partial charge in [-0.2, -0.15) is 0 Å². The number of nitrogens with one attached hydrogen (secondary N) is 2. The first-order valence-electron chi connectivity index (χ1n) is 8.88. The summed E-state index contributed by atoms with van der Waals surface area (Å²) in [6.07, 6.45) is -2.04. The van der Waals surface area contributed by atoms with Gasteiger partial charge in [-0.05, 0) is 40.3 Å². The van der Waals surface area contributed by atoms with Gasteiger partial charge in [0.05, 0.1) is 6.33 Å². The number of aliphatic hydroxyl groups is 2. The van der Waals surface area contributed by atoms with Crippen LogP contribution in [-0.2, 0) is 16.1 Å². The fourth-order valence-corrected chi connectivity index (χ4v) is 3.86. The molecule has 4 atom stereocenters. The normalized spacial score (nSPS) is 24.0. The zero-order valence-corrected chi connectivity index (χ0v) is 17.5. The molecule has 1 fully saturated rings. The van der Waals surface area contributed by atoms with E-state index >= 15 is 0 Å². The molecule has 1 aliphatic rings. The highest BCUT2D eigenvalue weighted by Crippen LogP contribution is 2.32. The number of rotatable bonds is 5. The minimum Gasteiger partial charge on any atom is -0.387 e. The van der Waals surface area contributed by atoms with E-state index in [2.05, 4.69) is 54.2 Å². The average molecular weight is 510 g/mol. The molecule has 152 valence electrons. The van der Waals surface area contributed by atoms with Gasteiger partial charge in [-0.25, -0.2) is 15.0 Å². The van der Waals surface area contributed by atoms with Crippen LogP contribution in [0.2, 0.25) is 0 Å². The number of aliphatic hydroxyl groups excluding tert-OH is 2. The third kappa shape index (κ3) is 3.77. The molecule has 1 saturated heterocycles. The van der Waals surface area contributed by atoms with E-state index in [0.717, 1.165) is 9.13 Å². The first-order valence-corrected chi connectivity index (χ1v) is 9.96. The Morgan fingerprint density at radius 2 is 2.10 bits per heavy atom. The fraction of sp³-hybridized carbons (Fsp3) is 0.333. The minimum atomic E-state index is -1.36. The predicted molar refractivity (Wildman–Crippen MR) is 112 cm³/mol. The number of fused-ring (bicyclic) bond motifs is 1. The number of anilines is 1. The highest BCUT2D eigenvalue weighted by Gasteiger charge is 2.47. The summed E-state index contributed by atoms with van der Waals surface area (Å²) in [5, 5.41) is 26.2. The Kier molecular flexibility index (Phi) is 5.63. The molecule has 29 heavy (non-hydrogen) atoms. The molecule has 2 aromatic heterocycles. The summed E-state index contributed by atoms with van der Waals surface area (Å²) in [7, 11) is 1.43. The van der Waals surface area contributed by atoms with Crippen LogP contribution in [0.5, 0.6) is 0 Å². The molecule has 1 aliphatic heterocycles. The number of benzene rings is 1. The number of carbonyl (C=O) groups is 1. The molecule has 0 radical (unpaired) electrons. The largest absolute Gasteiger partial charge is 0.387 e. The van der Waals surface area contributed by atoms with Gasteiger partial charge in [0.25, 0.3) is 5.91 Å². The van der Waals surface area contributed by atoms with Crippen molar-refractivity contribution in [3.8, 4) is 0 Å². The molecule has 11 heteroatoms. The number of amides is 1. The van der Waals surface area contributed by atoms with Crippen molar-refractivity contribution in [3.05, 3.63) is 46.1 Å². The summed E-state index contributed by atoms with van der Waals surface area (Å²) < 4.78 is 8.23. The van der Waals surface area contributed by atoms with E-state index in [9.17, 15) is 15.0 Å². The van der Waals surface area contributed by atoms with Crippen LogP contribution < -0.4 is 10.6 Å². The topological polar surface area (TPSA) is 134 Å². The number of hydrogen-bond acceptors (Lipinski definition) is 8. The molecule has 1 amide bonds. The molecule has 0 unspecified atom stereocenters. The maximum Gasteiger partial charge on any atom is 0.251 e. The lowest BCUT2D eigenvalue weighted by atomic mass is 10.1. The molecular weight excluding hydrogens is 491 g/mol. The van der Waals surface area contributed by atoms with Gasteiger partial charge in [-0.3, -0.25) is 9.36 Å². The van der Waals surface area contributed by atoms with Crippen LogP contribution >= 0.6 is 22.6 Å². The second-order valence-electron chi connectivity index (χ2n) is 6.57. The number of nitrogens with zero attached hydrogens (tertiary/aromatic N) is 4. The quantitative estimate of drug-likeness (QED) is 0.363. The lowest BCUT2D eigenvalue weighted by Crippen LogP contribution is -2.41. The van der Waals surface area contributed by atoms with Crippen LogP contribution in [0.4, 0.5) is 5.82 Å². The van der Waals surface area contributed by atoms with Gasteiger partial charge in [0.1, 0.15) is 18.5 Å². The van der Waals surface area contributed by atoms with E-state index in [1.807, 2.05) is 18.2 Å². The summed E-state index contributed by atoms with van der Waals surface area (Å²) in [5.41, 5.74) is 2.00. The van der Waals surface area contributed by atoms with Gasteiger partial charge in [-0.1, -0.05) is 12.1 Å². The van der Waals surface area contributed by atoms with E-state index in [1.54, 1.807) is 0 Å². The van der Waals surface area contributed by atoms with Crippen LogP contribution in [0.3, 0.4) is 0 Å². The second-order valence-corrected chi connectivity index (χ2v) is 7.82. The highest BCUT2D eigenvalue weighted by atomic mass is 127. The van der Waals surface area contributed by atoms with Gasteiger partial charge in [0.2, 0.25) is 0 Å². The van der Waals surface area contributed by atoms with Crippen molar-refractivity contribution < 1.29 is 19.7 Å². The number of imidazole rings is 1. The van der Waals surface area contributed by atoms with Crippen molar-refractivity contribution in [1.82, 2.24) is 24.8 Å². The van der Waals surface area contributed by atoms with E-state index < -0.39 is 30.4 Å². The first kappa shape index (κ1) is 19.9. The Bertz CT molecular complexity index is 1040. The predicted octanol–water partition coefficient (Wildman–Crippen LogP) is 0.408. The Balaban J connectivity index is 1.60. The Hall–Kier alpha value is -2.35. The van der Waals surface area contributed by atoms with E-state index in [1.165, 1.54) is 24.3 Å². The molecule has 0 saturated carbocycles. The third-order valence-electron chi connectivity index (χ3n) is 4.73. The monoisotopic (exact) mass is 510 g/mol. The number of halogens is 1. The zero-order valence-electron chi connectivity index (χ0n) is 15.4. The minimum absolute atomic E-state index is 0.416. The summed E-state index contributed by atoms with van der Waals surface area (Å²) in [6.45, 7) is 0.551. The van der Waals surface area contributed by atoms with E-state index in [-0.39, 0.29) is 0 Å². The van der Waals surface area contributed by atoms with Crippen molar-refractivity contribution >= 4 is 45.5 Å². The standard InChI is InChI=1S/C18H19IN6O4/c1-20-17(28)14-12(26)13(27)18(29-14)25-8-24-11-15(22-7-23-16(11)25)21-6-9-3-2-4-10(19)5-9/h2-5,7-8,12-14,18,26-27H,6H2,1H3,(H,20,28)(H,21,22,23)/t12-,13+,14+,18+/m0/s1. The maximum atomic E-state index is 11.9. The molecule has 0 bridgehead atoms. The number of aromatic nitrogens is 4.